The average Bonchev–Trinajstić information content (AvgIpc) is 2.48. The van der Waals surface area contributed by atoms with Crippen LogP contribution >= 0.6 is 0 Å². The monoisotopic (exact) mass is 309 g/mol. The molecule has 1 N–H and O–H groups in total. The van der Waals surface area contributed by atoms with E-state index in [1.807, 2.05) is 32.9 Å². The Morgan fingerprint density at radius 1 is 1.09 bits per heavy atom. The number of allylic oxidation sites excluding steroid dienone is 3. The highest BCUT2D eigenvalue weighted by Crippen LogP contribution is 2.20. The molecule has 118 valence electrons. The number of carbonyl (C=O) groups excluding carboxylic acids is 1. The highest BCUT2D eigenvalue weighted by atomic mass is 16.5. The molecule has 5 heteroatoms. The fourth-order valence-electron chi connectivity index (χ4n) is 1.89. The van der Waals surface area contributed by atoms with E-state index in [9.17, 15) is 4.79 Å². The molecular weight excluding hydrogens is 290 g/mol. The van der Waals surface area contributed by atoms with Gasteiger partial charge in [0.05, 0.1) is 0 Å². The first-order chi connectivity index (χ1) is 11.1. The summed E-state index contributed by atoms with van der Waals surface area (Å²) in [5.74, 6) is 0.423. The van der Waals surface area contributed by atoms with Gasteiger partial charge in [-0.2, -0.15) is 0 Å². The van der Waals surface area contributed by atoms with Gasteiger partial charge in [0.15, 0.2) is 0 Å². The summed E-state index contributed by atoms with van der Waals surface area (Å²) in [5.41, 5.74) is 2.39. The van der Waals surface area contributed by atoms with Crippen molar-refractivity contribution in [2.45, 2.75) is 20.8 Å². The van der Waals surface area contributed by atoms with Crippen LogP contribution in [-0.2, 0) is 4.79 Å². The molecule has 1 aromatic carbocycles. The van der Waals surface area contributed by atoms with Crippen molar-refractivity contribution in [3.05, 3.63) is 66.0 Å². The summed E-state index contributed by atoms with van der Waals surface area (Å²) in [7, 11) is 0. The second-order valence-electron chi connectivity index (χ2n) is 4.93. The second-order valence-corrected chi connectivity index (χ2v) is 4.93. The summed E-state index contributed by atoms with van der Waals surface area (Å²) < 4.78 is 5.62. The summed E-state index contributed by atoms with van der Waals surface area (Å²) in [6.07, 6.45) is 6.79. The lowest BCUT2D eigenvalue weighted by atomic mass is 10.3. The molecular formula is C18H19N3O2. The molecule has 0 bridgehead atoms. The fraction of sp³-hybridized carbons (Fsp3) is 0.167. The topological polar surface area (TPSA) is 64.1 Å². The van der Waals surface area contributed by atoms with Crippen molar-refractivity contribution in [3.8, 4) is 11.8 Å². The first-order valence-corrected chi connectivity index (χ1v) is 7.27. The zero-order valence-electron chi connectivity index (χ0n) is 13.4. The fourth-order valence-corrected chi connectivity index (χ4v) is 1.89. The van der Waals surface area contributed by atoms with Gasteiger partial charge in [-0.3, -0.25) is 4.79 Å². The van der Waals surface area contributed by atoms with Crippen molar-refractivity contribution in [1.29, 1.82) is 0 Å². The van der Waals surface area contributed by atoms with Crippen LogP contribution in [0.2, 0.25) is 0 Å². The van der Waals surface area contributed by atoms with Gasteiger partial charge in [-0.25, -0.2) is 9.97 Å². The van der Waals surface area contributed by atoms with Crippen molar-refractivity contribution >= 4 is 11.6 Å². The molecule has 5 nitrogen and oxygen atoms in total. The second kappa shape index (κ2) is 7.89. The summed E-state index contributed by atoms with van der Waals surface area (Å²) in [6, 6.07) is 9.23. The largest absolute Gasteiger partial charge is 0.424 e. The quantitative estimate of drug-likeness (QED) is 0.671. The maximum Gasteiger partial charge on any atom is 0.322 e. The SMILES string of the molecule is C/C=C/C=C/C(=O)Nc1ccc(Oc2nc(C)cc(C)n2)cc1. The van der Waals surface area contributed by atoms with Crippen LogP contribution in [-0.4, -0.2) is 15.9 Å². The van der Waals surface area contributed by atoms with Crippen molar-refractivity contribution in [2.75, 3.05) is 5.32 Å². The highest BCUT2D eigenvalue weighted by Gasteiger charge is 2.03. The Morgan fingerprint density at radius 3 is 2.35 bits per heavy atom. The number of aryl methyl sites for hydroxylation is 2. The van der Waals surface area contributed by atoms with E-state index >= 15 is 0 Å². The van der Waals surface area contributed by atoms with Crippen LogP contribution in [0.1, 0.15) is 18.3 Å². The molecule has 1 amide bonds. The number of amides is 1. The minimum atomic E-state index is -0.186. The van der Waals surface area contributed by atoms with E-state index in [1.54, 1.807) is 36.4 Å². The molecule has 0 saturated carbocycles. The normalized spacial score (nSPS) is 11.1. The van der Waals surface area contributed by atoms with Gasteiger partial charge in [-0.05, 0) is 51.1 Å². The lowest BCUT2D eigenvalue weighted by molar-refractivity contribution is -0.111. The number of hydrogen-bond donors (Lipinski definition) is 1. The van der Waals surface area contributed by atoms with Crippen LogP contribution in [0.4, 0.5) is 5.69 Å². The molecule has 0 aliphatic heterocycles. The van der Waals surface area contributed by atoms with Crippen LogP contribution < -0.4 is 10.1 Å². The van der Waals surface area contributed by atoms with Gasteiger partial charge < -0.3 is 10.1 Å². The summed E-state index contributed by atoms with van der Waals surface area (Å²) in [5, 5.41) is 2.76. The van der Waals surface area contributed by atoms with Crippen molar-refractivity contribution in [1.82, 2.24) is 9.97 Å². The molecule has 0 unspecified atom stereocenters. The third-order valence-electron chi connectivity index (χ3n) is 2.84. The molecule has 2 aromatic rings. The van der Waals surface area contributed by atoms with E-state index in [4.69, 9.17) is 4.74 Å². The molecule has 0 fully saturated rings. The van der Waals surface area contributed by atoms with Gasteiger partial charge in [-0.1, -0.05) is 18.2 Å². The van der Waals surface area contributed by atoms with E-state index < -0.39 is 0 Å². The third-order valence-corrected chi connectivity index (χ3v) is 2.84. The van der Waals surface area contributed by atoms with Gasteiger partial charge in [0.2, 0.25) is 5.91 Å². The molecule has 23 heavy (non-hydrogen) atoms. The molecule has 1 aromatic heterocycles. The minimum absolute atomic E-state index is 0.186. The summed E-state index contributed by atoms with van der Waals surface area (Å²) in [4.78, 5) is 20.1. The van der Waals surface area contributed by atoms with Gasteiger partial charge >= 0.3 is 6.01 Å². The maximum absolute atomic E-state index is 11.7. The van der Waals surface area contributed by atoms with E-state index in [-0.39, 0.29) is 5.91 Å². The molecule has 0 aliphatic carbocycles. The number of benzene rings is 1. The molecule has 1 heterocycles. The van der Waals surface area contributed by atoms with Gasteiger partial charge in [0, 0.05) is 23.2 Å². The number of carbonyl (C=O) groups is 1. The Bertz CT molecular complexity index is 714. The van der Waals surface area contributed by atoms with Crippen molar-refractivity contribution < 1.29 is 9.53 Å². The van der Waals surface area contributed by atoms with E-state index in [1.165, 1.54) is 6.08 Å². The van der Waals surface area contributed by atoms with Crippen molar-refractivity contribution in [2.24, 2.45) is 0 Å². The van der Waals surface area contributed by atoms with Crippen LogP contribution in [0.5, 0.6) is 11.8 Å². The Morgan fingerprint density at radius 2 is 1.74 bits per heavy atom. The van der Waals surface area contributed by atoms with E-state index in [0.29, 0.717) is 17.4 Å². The predicted octanol–water partition coefficient (Wildman–Crippen LogP) is 3.96. The van der Waals surface area contributed by atoms with Crippen LogP contribution in [0.25, 0.3) is 0 Å². The Hall–Kier alpha value is -2.95. The molecule has 0 aliphatic rings. The average molecular weight is 309 g/mol. The Balaban J connectivity index is 2.00. The lowest BCUT2D eigenvalue weighted by Crippen LogP contribution is -2.07. The first kappa shape index (κ1) is 16.4. The highest BCUT2D eigenvalue weighted by molar-refractivity contribution is 5.99. The number of hydrogen-bond acceptors (Lipinski definition) is 4. The standard InChI is InChI=1S/C18H19N3O2/c1-4-5-6-7-17(22)21-15-8-10-16(11-9-15)23-18-19-13(2)12-14(3)20-18/h4-12H,1-3H3,(H,21,22)/b5-4+,7-6+. The first-order valence-electron chi connectivity index (χ1n) is 7.27. The molecule has 2 rings (SSSR count). The zero-order chi connectivity index (χ0) is 16.7. The van der Waals surface area contributed by atoms with E-state index in [2.05, 4.69) is 15.3 Å². The van der Waals surface area contributed by atoms with Gasteiger partial charge in [0.1, 0.15) is 5.75 Å². The minimum Gasteiger partial charge on any atom is -0.424 e. The van der Waals surface area contributed by atoms with Gasteiger partial charge in [-0.15, -0.1) is 0 Å². The number of nitrogens with zero attached hydrogens (tertiary/aromatic N) is 2. The number of nitrogens with one attached hydrogen (secondary N) is 1. The summed E-state index contributed by atoms with van der Waals surface area (Å²) >= 11 is 0. The number of ether oxygens (including phenoxy) is 1. The van der Waals surface area contributed by atoms with Crippen LogP contribution in [0, 0.1) is 13.8 Å². The smallest absolute Gasteiger partial charge is 0.322 e. The van der Waals surface area contributed by atoms with Crippen LogP contribution in [0.15, 0.2) is 54.6 Å². The summed E-state index contributed by atoms with van der Waals surface area (Å²) in [6.45, 7) is 5.67. The number of aromatic nitrogens is 2. The maximum atomic E-state index is 11.7. The Labute approximate surface area is 135 Å². The van der Waals surface area contributed by atoms with Crippen LogP contribution in [0.3, 0.4) is 0 Å². The molecule has 0 spiro atoms. The van der Waals surface area contributed by atoms with Gasteiger partial charge in [0.25, 0.3) is 0 Å². The predicted molar refractivity (Wildman–Crippen MR) is 90.6 cm³/mol. The Kier molecular flexibility index (Phi) is 5.63. The van der Waals surface area contributed by atoms with E-state index in [0.717, 1.165) is 11.4 Å². The zero-order valence-corrected chi connectivity index (χ0v) is 13.4. The lowest BCUT2D eigenvalue weighted by Gasteiger charge is -2.07. The number of anilines is 1. The van der Waals surface area contributed by atoms with Crippen molar-refractivity contribution in [3.63, 3.8) is 0 Å². The molecule has 0 atom stereocenters. The number of rotatable bonds is 5. The molecule has 0 radical (unpaired) electrons. The third kappa shape index (κ3) is 5.39. The molecule has 0 saturated heterocycles.